The van der Waals surface area contributed by atoms with Crippen molar-refractivity contribution in [2.24, 2.45) is 0 Å². The van der Waals surface area contributed by atoms with Gasteiger partial charge in [0.05, 0.1) is 22.9 Å². The van der Waals surface area contributed by atoms with Crippen LogP contribution in [-0.4, -0.2) is 32.3 Å². The molecule has 2 N–H and O–H groups in total. The molecule has 0 saturated carbocycles. The molecule has 2 amide bonds. The van der Waals surface area contributed by atoms with Gasteiger partial charge in [-0.2, -0.15) is 0 Å². The van der Waals surface area contributed by atoms with Crippen molar-refractivity contribution in [2.45, 2.75) is 25.0 Å². The van der Waals surface area contributed by atoms with E-state index in [1.54, 1.807) is 24.3 Å². The lowest BCUT2D eigenvalue weighted by Crippen LogP contribution is -2.18. The molecule has 0 unspecified atom stereocenters. The van der Waals surface area contributed by atoms with Crippen LogP contribution in [0.4, 0.5) is 11.4 Å². The highest BCUT2D eigenvalue weighted by Crippen LogP contribution is 2.24. The van der Waals surface area contributed by atoms with Crippen molar-refractivity contribution in [2.75, 3.05) is 16.4 Å². The highest BCUT2D eigenvalue weighted by atomic mass is 35.5. The van der Waals surface area contributed by atoms with Crippen LogP contribution in [0, 0.1) is 0 Å². The zero-order valence-electron chi connectivity index (χ0n) is 17.9. The minimum atomic E-state index is -0.240. The van der Waals surface area contributed by atoms with E-state index in [-0.39, 0.29) is 24.0 Å². The molecule has 9 heteroatoms. The lowest BCUT2D eigenvalue weighted by Gasteiger charge is -2.10. The standard InChI is InChI=1S/C24H22ClN5O2S/c1-2-30-21(14-22(31)27-20-12-6-5-11-18(20)25)28-29-24(30)33-15-23(32)26-19-13-7-9-16-8-3-4-10-17(16)19/h3-13H,2,14-15H2,1H3,(H,26,32)(H,27,31). The van der Waals surface area contributed by atoms with Crippen LogP contribution in [0.2, 0.25) is 5.02 Å². The highest BCUT2D eigenvalue weighted by molar-refractivity contribution is 7.99. The summed E-state index contributed by atoms with van der Waals surface area (Å²) < 4.78 is 1.84. The maximum absolute atomic E-state index is 12.6. The van der Waals surface area contributed by atoms with Gasteiger partial charge >= 0.3 is 0 Å². The second kappa shape index (κ2) is 10.5. The first-order valence-corrected chi connectivity index (χ1v) is 11.8. The summed E-state index contributed by atoms with van der Waals surface area (Å²) in [4.78, 5) is 25.0. The molecule has 0 fully saturated rings. The van der Waals surface area contributed by atoms with Gasteiger partial charge in [-0.15, -0.1) is 10.2 Å². The van der Waals surface area contributed by atoms with Crippen LogP contribution in [0.15, 0.2) is 71.9 Å². The Labute approximate surface area is 200 Å². The Kier molecular flexibility index (Phi) is 7.26. The van der Waals surface area contributed by atoms with Crippen LogP contribution in [-0.2, 0) is 22.6 Å². The van der Waals surface area contributed by atoms with Gasteiger partial charge in [0, 0.05) is 17.6 Å². The van der Waals surface area contributed by atoms with Gasteiger partial charge in [0.2, 0.25) is 11.8 Å². The van der Waals surface area contributed by atoms with Gasteiger partial charge in [0.15, 0.2) is 5.16 Å². The molecule has 0 aliphatic heterocycles. The van der Waals surface area contributed by atoms with Gasteiger partial charge < -0.3 is 15.2 Å². The average Bonchev–Trinajstić information content (AvgIpc) is 3.20. The lowest BCUT2D eigenvalue weighted by atomic mass is 10.1. The van der Waals surface area contributed by atoms with Gasteiger partial charge in [0.1, 0.15) is 5.82 Å². The molecule has 1 aromatic heterocycles. The number of carbonyl (C=O) groups is 2. The quantitative estimate of drug-likeness (QED) is 0.346. The van der Waals surface area contributed by atoms with E-state index in [1.807, 2.05) is 54.0 Å². The molecule has 1 heterocycles. The Morgan fingerprint density at radius 3 is 2.42 bits per heavy atom. The summed E-state index contributed by atoms with van der Waals surface area (Å²) in [6, 6.07) is 20.7. The molecule has 0 aliphatic rings. The molecule has 0 spiro atoms. The average molecular weight is 480 g/mol. The number of amides is 2. The Bertz CT molecular complexity index is 1300. The summed E-state index contributed by atoms with van der Waals surface area (Å²) in [6.07, 6.45) is 0.0504. The van der Waals surface area contributed by atoms with Crippen LogP contribution >= 0.6 is 23.4 Å². The van der Waals surface area contributed by atoms with Crippen molar-refractivity contribution in [3.05, 3.63) is 77.6 Å². The molecular formula is C24H22ClN5O2S. The summed E-state index contributed by atoms with van der Waals surface area (Å²) in [5.41, 5.74) is 1.32. The molecule has 0 bridgehead atoms. The van der Waals surface area contributed by atoms with Gasteiger partial charge in [-0.1, -0.05) is 71.9 Å². The Morgan fingerprint density at radius 2 is 1.61 bits per heavy atom. The maximum atomic E-state index is 12.6. The van der Waals surface area contributed by atoms with Crippen molar-refractivity contribution in [3.8, 4) is 0 Å². The Hall–Kier alpha value is -3.36. The Balaban J connectivity index is 1.38. The summed E-state index contributed by atoms with van der Waals surface area (Å²) in [5.74, 6) is 0.321. The van der Waals surface area contributed by atoms with Crippen LogP contribution in [0.25, 0.3) is 10.8 Å². The minimum Gasteiger partial charge on any atom is -0.325 e. The van der Waals surface area contributed by atoms with Crippen LogP contribution < -0.4 is 10.6 Å². The normalized spacial score (nSPS) is 10.8. The maximum Gasteiger partial charge on any atom is 0.234 e. The first kappa shape index (κ1) is 22.8. The number of fused-ring (bicyclic) bond motifs is 1. The molecule has 0 radical (unpaired) electrons. The van der Waals surface area contributed by atoms with Crippen LogP contribution in [0.5, 0.6) is 0 Å². The third-order valence-corrected chi connectivity index (χ3v) is 6.27. The van der Waals surface area contributed by atoms with Gasteiger partial charge in [-0.3, -0.25) is 9.59 Å². The number of benzene rings is 3. The zero-order valence-corrected chi connectivity index (χ0v) is 19.5. The van der Waals surface area contributed by atoms with E-state index in [1.165, 1.54) is 11.8 Å². The third kappa shape index (κ3) is 5.53. The van der Waals surface area contributed by atoms with Crippen molar-refractivity contribution in [1.82, 2.24) is 14.8 Å². The molecule has 0 aliphatic carbocycles. The third-order valence-electron chi connectivity index (χ3n) is 4.97. The summed E-state index contributed by atoms with van der Waals surface area (Å²) in [7, 11) is 0. The number of thioether (sulfide) groups is 1. The number of para-hydroxylation sites is 1. The van der Waals surface area contributed by atoms with Crippen molar-refractivity contribution in [3.63, 3.8) is 0 Å². The minimum absolute atomic E-state index is 0.0504. The van der Waals surface area contributed by atoms with Crippen molar-refractivity contribution >= 4 is 57.3 Å². The Morgan fingerprint density at radius 1 is 0.909 bits per heavy atom. The summed E-state index contributed by atoms with van der Waals surface area (Å²) >= 11 is 7.39. The second-order valence-electron chi connectivity index (χ2n) is 7.21. The fourth-order valence-corrected chi connectivity index (χ4v) is 4.43. The number of rotatable bonds is 8. The molecule has 7 nitrogen and oxygen atoms in total. The smallest absolute Gasteiger partial charge is 0.234 e. The van der Waals surface area contributed by atoms with Gasteiger partial charge in [-0.05, 0) is 30.5 Å². The fraction of sp³-hybridized carbons (Fsp3) is 0.167. The first-order chi connectivity index (χ1) is 16.0. The predicted octanol–water partition coefficient (Wildman–Crippen LogP) is 5.02. The van der Waals surface area contributed by atoms with E-state index in [0.29, 0.717) is 28.2 Å². The van der Waals surface area contributed by atoms with Crippen molar-refractivity contribution < 1.29 is 9.59 Å². The number of nitrogens with one attached hydrogen (secondary N) is 2. The molecule has 4 aromatic rings. The first-order valence-electron chi connectivity index (χ1n) is 10.4. The summed E-state index contributed by atoms with van der Waals surface area (Å²) in [6.45, 7) is 2.52. The van der Waals surface area contributed by atoms with E-state index < -0.39 is 0 Å². The molecule has 168 valence electrons. The monoisotopic (exact) mass is 479 g/mol. The number of anilines is 2. The number of carbonyl (C=O) groups excluding carboxylic acids is 2. The highest BCUT2D eigenvalue weighted by Gasteiger charge is 2.17. The van der Waals surface area contributed by atoms with Gasteiger partial charge in [-0.25, -0.2) is 0 Å². The number of nitrogens with zero attached hydrogens (tertiary/aromatic N) is 3. The molecule has 0 saturated heterocycles. The van der Waals surface area contributed by atoms with E-state index in [0.717, 1.165) is 16.5 Å². The largest absolute Gasteiger partial charge is 0.325 e. The predicted molar refractivity (Wildman–Crippen MR) is 133 cm³/mol. The van der Waals surface area contributed by atoms with Crippen LogP contribution in [0.3, 0.4) is 0 Å². The number of aromatic nitrogens is 3. The van der Waals surface area contributed by atoms with E-state index in [4.69, 9.17) is 11.6 Å². The van der Waals surface area contributed by atoms with E-state index in [2.05, 4.69) is 20.8 Å². The number of hydrogen-bond donors (Lipinski definition) is 2. The SMILES string of the molecule is CCn1c(CC(=O)Nc2ccccc2Cl)nnc1SCC(=O)Nc1cccc2ccccc12. The molecule has 4 rings (SSSR count). The molecule has 3 aromatic carbocycles. The topological polar surface area (TPSA) is 88.9 Å². The number of halogens is 1. The lowest BCUT2D eigenvalue weighted by molar-refractivity contribution is -0.116. The summed E-state index contributed by atoms with van der Waals surface area (Å²) in [5, 5.41) is 17.2. The van der Waals surface area contributed by atoms with Gasteiger partial charge in [0.25, 0.3) is 0 Å². The van der Waals surface area contributed by atoms with Crippen LogP contribution in [0.1, 0.15) is 12.7 Å². The number of hydrogen-bond acceptors (Lipinski definition) is 5. The fourth-order valence-electron chi connectivity index (χ4n) is 3.43. The molecule has 33 heavy (non-hydrogen) atoms. The van der Waals surface area contributed by atoms with Crippen molar-refractivity contribution in [1.29, 1.82) is 0 Å². The van der Waals surface area contributed by atoms with E-state index in [9.17, 15) is 9.59 Å². The molecule has 0 atom stereocenters. The molecular weight excluding hydrogens is 458 g/mol. The zero-order chi connectivity index (χ0) is 23.2. The van der Waals surface area contributed by atoms with E-state index >= 15 is 0 Å². The second-order valence-corrected chi connectivity index (χ2v) is 8.56.